The number of nitrogens with zero attached hydrogens (tertiary/aromatic N) is 1. The molecule has 2 amide bonds. The molecule has 1 saturated carbocycles. The summed E-state index contributed by atoms with van der Waals surface area (Å²) in [6.45, 7) is 1.96. The van der Waals surface area contributed by atoms with E-state index in [0.29, 0.717) is 38.8 Å². The Balaban J connectivity index is 1.40. The molecule has 6 heteroatoms. The highest BCUT2D eigenvalue weighted by Crippen LogP contribution is 2.39. The summed E-state index contributed by atoms with van der Waals surface area (Å²) >= 11 is 0. The maximum Gasteiger partial charge on any atom is 0.222 e. The van der Waals surface area contributed by atoms with Gasteiger partial charge in [0.15, 0.2) is 0 Å². The molecule has 146 valence electrons. The summed E-state index contributed by atoms with van der Waals surface area (Å²) in [7, 11) is 0. The van der Waals surface area contributed by atoms with Gasteiger partial charge in [-0.1, -0.05) is 6.07 Å². The average Bonchev–Trinajstić information content (AvgIpc) is 3.11. The Labute approximate surface area is 159 Å². The van der Waals surface area contributed by atoms with E-state index in [2.05, 4.69) is 11.4 Å². The van der Waals surface area contributed by atoms with Crippen LogP contribution < -0.4 is 10.1 Å². The third-order valence-electron chi connectivity index (χ3n) is 6.04. The van der Waals surface area contributed by atoms with Gasteiger partial charge in [0.25, 0.3) is 0 Å². The molecule has 2 N–H and O–H groups in total. The molecule has 0 radical (unpaired) electrons. The average molecular weight is 372 g/mol. The van der Waals surface area contributed by atoms with Crippen molar-refractivity contribution in [2.45, 2.75) is 57.1 Å². The number of likely N-dealkylation sites (tertiary alicyclic amines) is 1. The number of aliphatic hydroxyl groups is 1. The van der Waals surface area contributed by atoms with E-state index in [9.17, 15) is 14.7 Å². The third kappa shape index (κ3) is 4.10. The van der Waals surface area contributed by atoms with Crippen LogP contribution in [0.4, 0.5) is 0 Å². The number of benzene rings is 1. The number of hydrogen-bond acceptors (Lipinski definition) is 4. The van der Waals surface area contributed by atoms with Crippen LogP contribution in [0.1, 0.15) is 55.7 Å². The maximum absolute atomic E-state index is 12.6. The first-order chi connectivity index (χ1) is 13.1. The molecule has 1 aliphatic carbocycles. The van der Waals surface area contributed by atoms with Crippen LogP contribution in [-0.2, 0) is 16.0 Å². The summed E-state index contributed by atoms with van der Waals surface area (Å²) in [5, 5.41) is 12.9. The lowest BCUT2D eigenvalue weighted by Crippen LogP contribution is -2.43. The predicted molar refractivity (Wildman–Crippen MR) is 100 cm³/mol. The number of ether oxygens (including phenoxy) is 1. The monoisotopic (exact) mass is 372 g/mol. The lowest BCUT2D eigenvalue weighted by molar-refractivity contribution is -0.134. The van der Waals surface area contributed by atoms with Gasteiger partial charge in [0.2, 0.25) is 11.8 Å². The van der Waals surface area contributed by atoms with Crippen LogP contribution in [-0.4, -0.2) is 47.6 Å². The van der Waals surface area contributed by atoms with Crippen LogP contribution in [0.25, 0.3) is 0 Å². The Morgan fingerprint density at radius 3 is 2.93 bits per heavy atom. The normalized spacial score (nSPS) is 25.4. The van der Waals surface area contributed by atoms with Gasteiger partial charge in [-0.25, -0.2) is 0 Å². The number of nitrogens with one attached hydrogen (secondary N) is 1. The van der Waals surface area contributed by atoms with Crippen molar-refractivity contribution in [3.05, 3.63) is 29.3 Å². The Bertz CT molecular complexity index is 714. The van der Waals surface area contributed by atoms with Gasteiger partial charge in [0, 0.05) is 32.4 Å². The zero-order valence-electron chi connectivity index (χ0n) is 15.7. The van der Waals surface area contributed by atoms with E-state index >= 15 is 0 Å². The van der Waals surface area contributed by atoms with Crippen molar-refractivity contribution in [3.63, 3.8) is 0 Å². The summed E-state index contributed by atoms with van der Waals surface area (Å²) in [5.41, 5.74) is 2.27. The molecule has 2 aliphatic heterocycles. The summed E-state index contributed by atoms with van der Waals surface area (Å²) in [5.74, 6) is 1.31. The number of hydrogen-bond donors (Lipinski definition) is 2. The van der Waals surface area contributed by atoms with Crippen molar-refractivity contribution in [2.24, 2.45) is 5.92 Å². The zero-order chi connectivity index (χ0) is 18.8. The molecule has 3 aliphatic rings. The first-order valence-corrected chi connectivity index (χ1v) is 10.1. The Kier molecular flexibility index (Phi) is 5.34. The van der Waals surface area contributed by atoms with Gasteiger partial charge >= 0.3 is 0 Å². The molecule has 1 aromatic carbocycles. The summed E-state index contributed by atoms with van der Waals surface area (Å²) < 4.78 is 5.58. The van der Waals surface area contributed by atoms with Crippen LogP contribution in [0, 0.1) is 5.92 Å². The van der Waals surface area contributed by atoms with Crippen molar-refractivity contribution in [3.8, 4) is 5.75 Å². The molecule has 0 aromatic heterocycles. The predicted octanol–water partition coefficient (Wildman–Crippen LogP) is 1.95. The Morgan fingerprint density at radius 2 is 2.15 bits per heavy atom. The van der Waals surface area contributed by atoms with Crippen molar-refractivity contribution < 1.29 is 19.4 Å². The van der Waals surface area contributed by atoms with Gasteiger partial charge in [-0.05, 0) is 54.9 Å². The second-order valence-corrected chi connectivity index (χ2v) is 7.98. The summed E-state index contributed by atoms with van der Waals surface area (Å²) in [6, 6.07) is 6.04. The van der Waals surface area contributed by atoms with E-state index in [0.717, 1.165) is 37.1 Å². The molecule has 1 atom stereocenters. The van der Waals surface area contributed by atoms with Gasteiger partial charge in [-0.15, -0.1) is 0 Å². The first-order valence-electron chi connectivity index (χ1n) is 10.1. The molecule has 1 unspecified atom stereocenters. The minimum atomic E-state index is -0.266. The van der Waals surface area contributed by atoms with Crippen LogP contribution in [0.3, 0.4) is 0 Å². The molecule has 6 nitrogen and oxygen atoms in total. The van der Waals surface area contributed by atoms with E-state index in [1.807, 2.05) is 12.1 Å². The van der Waals surface area contributed by atoms with E-state index in [1.54, 1.807) is 4.90 Å². The van der Waals surface area contributed by atoms with Crippen molar-refractivity contribution in [2.75, 3.05) is 19.7 Å². The lowest BCUT2D eigenvalue weighted by atomic mass is 9.74. The molecule has 0 spiro atoms. The highest BCUT2D eigenvalue weighted by Gasteiger charge is 2.36. The number of carbonyl (C=O) groups is 2. The molecule has 1 aromatic rings. The highest BCUT2D eigenvalue weighted by atomic mass is 16.5. The van der Waals surface area contributed by atoms with E-state index < -0.39 is 0 Å². The van der Waals surface area contributed by atoms with E-state index in [-0.39, 0.29) is 29.9 Å². The second-order valence-electron chi connectivity index (χ2n) is 7.98. The molecule has 2 heterocycles. The maximum atomic E-state index is 12.6. The number of amides is 2. The fourth-order valence-corrected chi connectivity index (χ4v) is 4.36. The quantitative estimate of drug-likeness (QED) is 0.800. The fraction of sp³-hybridized carbons (Fsp3) is 0.619. The van der Waals surface area contributed by atoms with Gasteiger partial charge in [0.1, 0.15) is 5.75 Å². The highest BCUT2D eigenvalue weighted by molar-refractivity contribution is 5.79. The fourth-order valence-electron chi connectivity index (χ4n) is 4.36. The molecular formula is C21H28N2O4. The Morgan fingerprint density at radius 1 is 1.30 bits per heavy atom. The van der Waals surface area contributed by atoms with Crippen molar-refractivity contribution >= 4 is 11.8 Å². The van der Waals surface area contributed by atoms with Crippen LogP contribution in [0.15, 0.2) is 18.2 Å². The number of fused-ring (bicyclic) bond motifs is 1. The van der Waals surface area contributed by atoms with Crippen LogP contribution in [0.2, 0.25) is 0 Å². The van der Waals surface area contributed by atoms with Crippen LogP contribution >= 0.6 is 0 Å². The lowest BCUT2D eigenvalue weighted by Gasteiger charge is -2.38. The molecule has 2 fully saturated rings. The number of piperidine rings is 1. The molecule has 1 saturated heterocycles. The zero-order valence-corrected chi connectivity index (χ0v) is 15.7. The summed E-state index contributed by atoms with van der Waals surface area (Å²) in [4.78, 5) is 26.3. The molecular weight excluding hydrogens is 344 g/mol. The van der Waals surface area contributed by atoms with Gasteiger partial charge in [-0.2, -0.15) is 0 Å². The van der Waals surface area contributed by atoms with Gasteiger partial charge < -0.3 is 20.1 Å². The molecule has 0 bridgehead atoms. The van der Waals surface area contributed by atoms with Gasteiger partial charge in [0.05, 0.1) is 18.8 Å². The minimum Gasteiger partial charge on any atom is -0.493 e. The third-order valence-corrected chi connectivity index (χ3v) is 6.04. The number of aliphatic hydroxyl groups excluding tert-OH is 1. The van der Waals surface area contributed by atoms with Crippen molar-refractivity contribution in [1.29, 1.82) is 0 Å². The minimum absolute atomic E-state index is 0.0310. The van der Waals surface area contributed by atoms with Gasteiger partial charge in [-0.3, -0.25) is 9.59 Å². The standard InChI is InChI=1S/C21H28N2O4/c24-17-12-16(13-17)21(15-4-5-18-14(11-15)7-10-27-18)22-19(25)6-9-23-8-2-1-3-20(23)26/h4-5,11,16-17,21,24H,1-3,6-10,12-13H2,(H,22,25). The number of rotatable bonds is 6. The number of carbonyl (C=O) groups excluding carboxylic acids is 2. The van der Waals surface area contributed by atoms with Crippen molar-refractivity contribution in [1.82, 2.24) is 10.2 Å². The van der Waals surface area contributed by atoms with Crippen LogP contribution in [0.5, 0.6) is 5.75 Å². The molecule has 4 rings (SSSR count). The first kappa shape index (κ1) is 18.3. The smallest absolute Gasteiger partial charge is 0.222 e. The molecule has 27 heavy (non-hydrogen) atoms. The Hall–Kier alpha value is -2.08. The largest absolute Gasteiger partial charge is 0.493 e. The van der Waals surface area contributed by atoms with E-state index in [4.69, 9.17) is 4.74 Å². The SMILES string of the molecule is O=C(CCN1CCCCC1=O)NC(c1ccc2c(c1)CCO2)C1CC(O)C1. The second kappa shape index (κ2) is 7.89. The topological polar surface area (TPSA) is 78.9 Å². The summed E-state index contributed by atoms with van der Waals surface area (Å²) in [6.07, 6.45) is 4.95. The van der Waals surface area contributed by atoms with E-state index in [1.165, 1.54) is 5.56 Å².